The highest BCUT2D eigenvalue weighted by molar-refractivity contribution is 8.00. The lowest BCUT2D eigenvalue weighted by molar-refractivity contribution is 0.0949. The van der Waals surface area contributed by atoms with Crippen molar-refractivity contribution in [3.8, 4) is 0 Å². The zero-order valence-corrected chi connectivity index (χ0v) is 9.60. The number of pyridine rings is 1. The molecule has 1 aliphatic heterocycles. The molecule has 0 aliphatic carbocycles. The number of hydrogen-bond acceptors (Lipinski definition) is 3. The third-order valence-corrected chi connectivity index (χ3v) is 3.93. The first kappa shape index (κ1) is 11.4. The summed E-state index contributed by atoms with van der Waals surface area (Å²) in [6.07, 6.45) is 4.81. The van der Waals surface area contributed by atoms with Crippen LogP contribution < -0.4 is 5.32 Å². The normalized spacial score (nSPS) is 19.7. The van der Waals surface area contributed by atoms with E-state index in [2.05, 4.69) is 10.3 Å². The molecule has 1 aromatic heterocycles. The molecule has 0 radical (unpaired) electrons. The summed E-state index contributed by atoms with van der Waals surface area (Å²) in [7, 11) is 0. The Labute approximate surface area is 97.8 Å². The molecule has 3 nitrogen and oxygen atoms in total. The van der Waals surface area contributed by atoms with Gasteiger partial charge in [-0.2, -0.15) is 11.8 Å². The van der Waals surface area contributed by atoms with Gasteiger partial charge in [0.05, 0.1) is 11.8 Å². The van der Waals surface area contributed by atoms with E-state index in [-0.39, 0.29) is 11.5 Å². The van der Waals surface area contributed by atoms with Crippen molar-refractivity contribution < 1.29 is 9.18 Å². The number of amides is 1. The number of aromatic nitrogens is 1. The second-order valence-corrected chi connectivity index (χ2v) is 5.11. The summed E-state index contributed by atoms with van der Waals surface area (Å²) in [4.78, 5) is 15.2. The molecule has 1 fully saturated rings. The average molecular weight is 240 g/mol. The highest BCUT2D eigenvalue weighted by atomic mass is 32.2. The van der Waals surface area contributed by atoms with Gasteiger partial charge in [-0.1, -0.05) is 0 Å². The molecule has 1 amide bonds. The van der Waals surface area contributed by atoms with Gasteiger partial charge in [-0.15, -0.1) is 0 Å². The van der Waals surface area contributed by atoms with E-state index in [0.29, 0.717) is 11.8 Å². The van der Waals surface area contributed by atoms with Crippen molar-refractivity contribution in [1.82, 2.24) is 10.3 Å². The molecule has 16 heavy (non-hydrogen) atoms. The van der Waals surface area contributed by atoms with Crippen LogP contribution in [0.5, 0.6) is 0 Å². The lowest BCUT2D eigenvalue weighted by atomic mass is 10.2. The topological polar surface area (TPSA) is 42.0 Å². The molecule has 1 unspecified atom stereocenters. The molecule has 86 valence electrons. The molecule has 0 saturated carbocycles. The monoisotopic (exact) mass is 240 g/mol. The predicted molar refractivity (Wildman–Crippen MR) is 62.0 cm³/mol. The maximum atomic E-state index is 13.2. The smallest absolute Gasteiger partial charge is 0.254 e. The van der Waals surface area contributed by atoms with Crippen LogP contribution in [0.2, 0.25) is 0 Å². The average Bonchev–Trinajstić information content (AvgIpc) is 2.79. The Hall–Kier alpha value is -1.10. The summed E-state index contributed by atoms with van der Waals surface area (Å²) < 4.78 is 13.2. The molecule has 1 aromatic rings. The zero-order valence-electron chi connectivity index (χ0n) is 8.78. The van der Waals surface area contributed by atoms with Gasteiger partial charge in [-0.3, -0.25) is 9.78 Å². The first-order chi connectivity index (χ1) is 7.77. The lowest BCUT2D eigenvalue weighted by Gasteiger charge is -2.10. The van der Waals surface area contributed by atoms with Crippen LogP contribution >= 0.6 is 11.8 Å². The van der Waals surface area contributed by atoms with Crippen molar-refractivity contribution in [2.75, 3.05) is 12.3 Å². The second kappa shape index (κ2) is 5.30. The largest absolute Gasteiger partial charge is 0.351 e. The molecule has 2 rings (SSSR count). The van der Waals surface area contributed by atoms with Crippen molar-refractivity contribution in [1.29, 1.82) is 0 Å². The van der Waals surface area contributed by atoms with Crippen LogP contribution in [0.3, 0.4) is 0 Å². The van der Waals surface area contributed by atoms with E-state index in [1.54, 1.807) is 0 Å². The number of carbonyl (C=O) groups excluding carboxylic acids is 1. The number of nitrogens with zero attached hydrogens (tertiary/aromatic N) is 1. The van der Waals surface area contributed by atoms with Gasteiger partial charge in [0, 0.05) is 18.0 Å². The first-order valence-electron chi connectivity index (χ1n) is 5.26. The molecule has 1 N–H and O–H groups in total. The standard InChI is InChI=1S/C11H13FN2OS/c12-10-7-13-4-3-9(10)11(15)14-6-8-2-1-5-16-8/h3-4,7-8H,1-2,5-6H2,(H,14,15). The van der Waals surface area contributed by atoms with Crippen LogP contribution in [0.25, 0.3) is 0 Å². The number of nitrogens with one attached hydrogen (secondary N) is 1. The molecule has 0 bridgehead atoms. The Morgan fingerprint density at radius 1 is 1.69 bits per heavy atom. The Morgan fingerprint density at radius 2 is 2.56 bits per heavy atom. The second-order valence-electron chi connectivity index (χ2n) is 3.70. The van der Waals surface area contributed by atoms with E-state index in [1.807, 2.05) is 11.8 Å². The fourth-order valence-corrected chi connectivity index (χ4v) is 2.87. The minimum atomic E-state index is -0.570. The molecular formula is C11H13FN2OS. The molecule has 5 heteroatoms. The highest BCUT2D eigenvalue weighted by Crippen LogP contribution is 2.25. The summed E-state index contributed by atoms with van der Waals surface area (Å²) in [6.45, 7) is 0.616. The molecule has 1 aliphatic rings. The van der Waals surface area contributed by atoms with Gasteiger partial charge in [0.2, 0.25) is 0 Å². The van der Waals surface area contributed by atoms with Crippen molar-refractivity contribution >= 4 is 17.7 Å². The summed E-state index contributed by atoms with van der Waals surface area (Å²) >= 11 is 1.86. The molecule has 0 spiro atoms. The fourth-order valence-electron chi connectivity index (χ4n) is 1.67. The first-order valence-corrected chi connectivity index (χ1v) is 6.31. The number of hydrogen-bond donors (Lipinski definition) is 1. The quantitative estimate of drug-likeness (QED) is 0.876. The van der Waals surface area contributed by atoms with E-state index in [4.69, 9.17) is 0 Å². The third-order valence-electron chi connectivity index (χ3n) is 2.53. The van der Waals surface area contributed by atoms with E-state index in [0.717, 1.165) is 18.4 Å². The fraction of sp³-hybridized carbons (Fsp3) is 0.455. The molecule has 1 saturated heterocycles. The zero-order chi connectivity index (χ0) is 11.4. The van der Waals surface area contributed by atoms with Crippen molar-refractivity contribution in [3.05, 3.63) is 29.8 Å². The summed E-state index contributed by atoms with van der Waals surface area (Å²) in [6, 6.07) is 1.40. The molecule has 1 atom stereocenters. The maximum absolute atomic E-state index is 13.2. The van der Waals surface area contributed by atoms with Gasteiger partial charge < -0.3 is 5.32 Å². The van der Waals surface area contributed by atoms with Crippen LogP contribution in [0.4, 0.5) is 4.39 Å². The Kier molecular flexibility index (Phi) is 3.77. The predicted octanol–water partition coefficient (Wildman–Crippen LogP) is 1.85. The van der Waals surface area contributed by atoms with E-state index in [1.165, 1.54) is 18.7 Å². The summed E-state index contributed by atoms with van der Waals surface area (Å²) in [5, 5.41) is 3.23. The number of carbonyl (C=O) groups is 1. The maximum Gasteiger partial charge on any atom is 0.254 e. The van der Waals surface area contributed by atoms with Gasteiger partial charge in [0.15, 0.2) is 5.82 Å². The van der Waals surface area contributed by atoms with Crippen LogP contribution in [0, 0.1) is 5.82 Å². The summed E-state index contributed by atoms with van der Waals surface area (Å²) in [5.74, 6) is 0.232. The van der Waals surface area contributed by atoms with E-state index < -0.39 is 5.82 Å². The molecular weight excluding hydrogens is 227 g/mol. The third kappa shape index (κ3) is 2.72. The number of thioether (sulfide) groups is 1. The van der Waals surface area contributed by atoms with Gasteiger partial charge in [-0.05, 0) is 24.7 Å². The Balaban J connectivity index is 1.90. The van der Waals surface area contributed by atoms with Gasteiger partial charge in [0.1, 0.15) is 0 Å². The number of halogens is 1. The number of rotatable bonds is 3. The van der Waals surface area contributed by atoms with Crippen LogP contribution in [-0.2, 0) is 0 Å². The van der Waals surface area contributed by atoms with Crippen molar-refractivity contribution in [3.63, 3.8) is 0 Å². The minimum Gasteiger partial charge on any atom is -0.351 e. The lowest BCUT2D eigenvalue weighted by Crippen LogP contribution is -2.30. The van der Waals surface area contributed by atoms with Crippen LogP contribution in [-0.4, -0.2) is 28.4 Å². The van der Waals surface area contributed by atoms with Crippen molar-refractivity contribution in [2.45, 2.75) is 18.1 Å². The van der Waals surface area contributed by atoms with Gasteiger partial charge >= 0.3 is 0 Å². The minimum absolute atomic E-state index is 0.0676. The van der Waals surface area contributed by atoms with Gasteiger partial charge in [-0.25, -0.2) is 4.39 Å². The molecule has 0 aromatic carbocycles. The van der Waals surface area contributed by atoms with Crippen LogP contribution in [0.1, 0.15) is 23.2 Å². The molecule has 2 heterocycles. The Morgan fingerprint density at radius 3 is 3.25 bits per heavy atom. The summed E-state index contributed by atoms with van der Waals surface area (Å²) in [5.41, 5.74) is 0.0676. The van der Waals surface area contributed by atoms with Crippen LogP contribution in [0.15, 0.2) is 18.5 Å². The highest BCUT2D eigenvalue weighted by Gasteiger charge is 2.17. The van der Waals surface area contributed by atoms with E-state index >= 15 is 0 Å². The van der Waals surface area contributed by atoms with Gasteiger partial charge in [0.25, 0.3) is 5.91 Å². The Bertz CT molecular complexity index is 380. The van der Waals surface area contributed by atoms with E-state index in [9.17, 15) is 9.18 Å². The van der Waals surface area contributed by atoms with Crippen molar-refractivity contribution in [2.24, 2.45) is 0 Å². The SMILES string of the molecule is O=C(NCC1CCCS1)c1ccncc1F.